The van der Waals surface area contributed by atoms with Crippen LogP contribution in [0, 0.1) is 6.92 Å². The van der Waals surface area contributed by atoms with Crippen molar-refractivity contribution in [2.45, 2.75) is 6.92 Å². The molecule has 0 atom stereocenters. The van der Waals surface area contributed by atoms with Crippen molar-refractivity contribution in [3.8, 4) is 5.75 Å². The minimum absolute atomic E-state index is 0.907. The van der Waals surface area contributed by atoms with Crippen molar-refractivity contribution in [2.75, 3.05) is 7.11 Å². The number of benzene rings is 2. The molecule has 0 aliphatic heterocycles. The van der Waals surface area contributed by atoms with Crippen LogP contribution in [0.1, 0.15) is 5.01 Å². The molecule has 0 fully saturated rings. The first-order chi connectivity index (χ1) is 7.79. The van der Waals surface area contributed by atoms with Crippen molar-refractivity contribution >= 4 is 32.3 Å². The first-order valence-electron chi connectivity index (χ1n) is 5.12. The molecule has 80 valence electrons. The normalized spacial score (nSPS) is 11.1. The van der Waals surface area contributed by atoms with Crippen molar-refractivity contribution in [1.82, 2.24) is 4.98 Å². The second kappa shape index (κ2) is 3.46. The average Bonchev–Trinajstić information content (AvgIpc) is 2.69. The third-order valence-corrected chi connectivity index (χ3v) is 3.64. The number of methoxy groups -OCH3 is 1. The zero-order valence-corrected chi connectivity index (χ0v) is 9.97. The van der Waals surface area contributed by atoms with Crippen LogP contribution in [-0.2, 0) is 0 Å². The van der Waals surface area contributed by atoms with Gasteiger partial charge in [0.25, 0.3) is 0 Å². The fourth-order valence-electron chi connectivity index (χ4n) is 2.01. The SMILES string of the molecule is COc1cccc2c1ccc1sc(C)nc12. The van der Waals surface area contributed by atoms with Crippen molar-refractivity contribution in [2.24, 2.45) is 0 Å². The zero-order chi connectivity index (χ0) is 11.1. The number of hydrogen-bond acceptors (Lipinski definition) is 3. The van der Waals surface area contributed by atoms with E-state index in [0.717, 1.165) is 21.7 Å². The summed E-state index contributed by atoms with van der Waals surface area (Å²) in [6.45, 7) is 2.04. The van der Waals surface area contributed by atoms with Gasteiger partial charge in [-0.1, -0.05) is 12.1 Å². The summed E-state index contributed by atoms with van der Waals surface area (Å²) in [5.41, 5.74) is 1.08. The van der Waals surface area contributed by atoms with E-state index in [4.69, 9.17) is 4.74 Å². The maximum Gasteiger partial charge on any atom is 0.126 e. The number of ether oxygens (including phenoxy) is 1. The van der Waals surface area contributed by atoms with Crippen LogP contribution in [0.25, 0.3) is 21.0 Å². The minimum Gasteiger partial charge on any atom is -0.496 e. The molecule has 0 aliphatic carbocycles. The summed E-state index contributed by atoms with van der Waals surface area (Å²) in [7, 11) is 1.70. The summed E-state index contributed by atoms with van der Waals surface area (Å²) in [6.07, 6.45) is 0. The Bertz CT molecular complexity index is 672. The highest BCUT2D eigenvalue weighted by Gasteiger charge is 2.07. The van der Waals surface area contributed by atoms with Gasteiger partial charge in [-0.05, 0) is 25.1 Å². The standard InChI is InChI=1S/C13H11NOS/c1-8-14-13-10-4-3-5-11(15-2)9(10)6-7-12(13)16-8/h3-7H,1-2H3. The number of aromatic nitrogens is 1. The van der Waals surface area contributed by atoms with E-state index in [1.807, 2.05) is 19.1 Å². The monoisotopic (exact) mass is 229 g/mol. The zero-order valence-electron chi connectivity index (χ0n) is 9.15. The first kappa shape index (κ1) is 9.60. The van der Waals surface area contributed by atoms with E-state index in [9.17, 15) is 0 Å². The smallest absolute Gasteiger partial charge is 0.126 e. The highest BCUT2D eigenvalue weighted by atomic mass is 32.1. The molecule has 3 aromatic rings. The molecule has 3 rings (SSSR count). The Hall–Kier alpha value is -1.61. The summed E-state index contributed by atoms with van der Waals surface area (Å²) in [5.74, 6) is 0.907. The second-order valence-electron chi connectivity index (χ2n) is 3.70. The van der Waals surface area contributed by atoms with Crippen LogP contribution in [0.5, 0.6) is 5.75 Å². The van der Waals surface area contributed by atoms with Crippen molar-refractivity contribution in [3.63, 3.8) is 0 Å². The molecule has 16 heavy (non-hydrogen) atoms. The third-order valence-electron chi connectivity index (χ3n) is 2.70. The van der Waals surface area contributed by atoms with Gasteiger partial charge in [-0.2, -0.15) is 0 Å². The summed E-state index contributed by atoms with van der Waals surface area (Å²) < 4.78 is 6.59. The highest BCUT2D eigenvalue weighted by molar-refractivity contribution is 7.18. The Kier molecular flexibility index (Phi) is 2.07. The van der Waals surface area contributed by atoms with Gasteiger partial charge in [0.15, 0.2) is 0 Å². The van der Waals surface area contributed by atoms with Gasteiger partial charge in [0, 0.05) is 10.8 Å². The highest BCUT2D eigenvalue weighted by Crippen LogP contribution is 2.33. The Morgan fingerprint density at radius 2 is 2.00 bits per heavy atom. The molecular weight excluding hydrogens is 218 g/mol. The molecular formula is C13H11NOS. The van der Waals surface area contributed by atoms with Crippen LogP contribution in [0.15, 0.2) is 30.3 Å². The van der Waals surface area contributed by atoms with Gasteiger partial charge in [-0.15, -0.1) is 11.3 Å². The van der Waals surface area contributed by atoms with Gasteiger partial charge in [0.2, 0.25) is 0 Å². The molecule has 0 N–H and O–H groups in total. The molecule has 1 aromatic heterocycles. The Balaban J connectivity index is 2.51. The van der Waals surface area contributed by atoms with Crippen LogP contribution in [0.3, 0.4) is 0 Å². The molecule has 1 heterocycles. The molecule has 0 radical (unpaired) electrons. The second-order valence-corrected chi connectivity index (χ2v) is 4.94. The summed E-state index contributed by atoms with van der Waals surface area (Å²) in [6, 6.07) is 10.3. The number of thiazole rings is 1. The summed E-state index contributed by atoms with van der Waals surface area (Å²) >= 11 is 1.73. The maximum absolute atomic E-state index is 5.36. The molecule has 0 unspecified atom stereocenters. The van der Waals surface area contributed by atoms with Gasteiger partial charge in [-0.3, -0.25) is 0 Å². The van der Waals surface area contributed by atoms with Crippen molar-refractivity contribution in [3.05, 3.63) is 35.3 Å². The minimum atomic E-state index is 0.907. The lowest BCUT2D eigenvalue weighted by atomic mass is 10.1. The Labute approximate surface area is 97.5 Å². The molecule has 2 nitrogen and oxygen atoms in total. The molecule has 3 heteroatoms. The van der Waals surface area contributed by atoms with Crippen LogP contribution in [-0.4, -0.2) is 12.1 Å². The lowest BCUT2D eigenvalue weighted by Gasteiger charge is -2.04. The predicted molar refractivity (Wildman–Crippen MR) is 68.4 cm³/mol. The molecule has 0 aliphatic rings. The van der Waals surface area contributed by atoms with E-state index in [-0.39, 0.29) is 0 Å². The maximum atomic E-state index is 5.36. The summed E-state index contributed by atoms with van der Waals surface area (Å²) in [5, 5.41) is 3.40. The number of hydrogen-bond donors (Lipinski definition) is 0. The fourth-order valence-corrected chi connectivity index (χ4v) is 2.85. The van der Waals surface area contributed by atoms with E-state index in [1.165, 1.54) is 10.1 Å². The molecule has 0 bridgehead atoms. The first-order valence-corrected chi connectivity index (χ1v) is 5.94. The average molecular weight is 229 g/mol. The lowest BCUT2D eigenvalue weighted by molar-refractivity contribution is 0.420. The van der Waals surface area contributed by atoms with Crippen LogP contribution in [0.2, 0.25) is 0 Å². The third kappa shape index (κ3) is 1.28. The number of fused-ring (bicyclic) bond motifs is 3. The van der Waals surface area contributed by atoms with Crippen LogP contribution in [0.4, 0.5) is 0 Å². The predicted octanol–water partition coefficient (Wildman–Crippen LogP) is 3.77. The van der Waals surface area contributed by atoms with Gasteiger partial charge < -0.3 is 4.74 Å². The van der Waals surface area contributed by atoms with Gasteiger partial charge in [0.1, 0.15) is 5.75 Å². The van der Waals surface area contributed by atoms with E-state index >= 15 is 0 Å². The summed E-state index contributed by atoms with van der Waals surface area (Å²) in [4.78, 5) is 4.58. The van der Waals surface area contributed by atoms with Gasteiger partial charge >= 0.3 is 0 Å². The Morgan fingerprint density at radius 3 is 2.81 bits per heavy atom. The molecule has 0 saturated carbocycles. The lowest BCUT2D eigenvalue weighted by Crippen LogP contribution is -1.84. The largest absolute Gasteiger partial charge is 0.496 e. The number of aryl methyl sites for hydroxylation is 1. The molecule has 0 amide bonds. The van der Waals surface area contributed by atoms with E-state index < -0.39 is 0 Å². The van der Waals surface area contributed by atoms with E-state index in [1.54, 1.807) is 18.4 Å². The van der Waals surface area contributed by atoms with Gasteiger partial charge in [-0.25, -0.2) is 4.98 Å². The Morgan fingerprint density at radius 1 is 1.12 bits per heavy atom. The van der Waals surface area contributed by atoms with Crippen molar-refractivity contribution < 1.29 is 4.74 Å². The molecule has 0 saturated heterocycles. The quantitative estimate of drug-likeness (QED) is 0.633. The van der Waals surface area contributed by atoms with Crippen LogP contribution >= 0.6 is 11.3 Å². The fraction of sp³-hybridized carbons (Fsp3) is 0.154. The topological polar surface area (TPSA) is 22.1 Å². The number of rotatable bonds is 1. The van der Waals surface area contributed by atoms with E-state index in [2.05, 4.69) is 23.2 Å². The molecule has 2 aromatic carbocycles. The van der Waals surface area contributed by atoms with Gasteiger partial charge in [0.05, 0.1) is 22.3 Å². The van der Waals surface area contributed by atoms with E-state index in [0.29, 0.717) is 0 Å². The van der Waals surface area contributed by atoms with Crippen molar-refractivity contribution in [1.29, 1.82) is 0 Å². The molecule has 0 spiro atoms. The number of nitrogens with zero attached hydrogens (tertiary/aromatic N) is 1. The van der Waals surface area contributed by atoms with Crippen LogP contribution < -0.4 is 4.74 Å².